The summed E-state index contributed by atoms with van der Waals surface area (Å²) in [5.74, 6) is -1.20. The van der Waals surface area contributed by atoms with E-state index in [2.05, 4.69) is 23.8 Å². The maximum absolute atomic E-state index is 12.9. The van der Waals surface area contributed by atoms with E-state index in [9.17, 15) is 9.59 Å². The number of aromatic nitrogens is 1. The summed E-state index contributed by atoms with van der Waals surface area (Å²) in [4.78, 5) is 34.0. The van der Waals surface area contributed by atoms with Crippen molar-refractivity contribution in [2.45, 2.75) is 39.5 Å². The molecule has 0 saturated heterocycles. The number of ketones is 1. The van der Waals surface area contributed by atoms with Gasteiger partial charge in [0.15, 0.2) is 5.78 Å². The Morgan fingerprint density at radius 3 is 2.54 bits per heavy atom. The summed E-state index contributed by atoms with van der Waals surface area (Å²) in [6.07, 6.45) is 4.57. The van der Waals surface area contributed by atoms with Gasteiger partial charge in [0.05, 0.1) is 7.11 Å². The predicted molar refractivity (Wildman–Crippen MR) is 90.6 cm³/mol. The monoisotopic (exact) mass is 326 g/mol. The number of Topliss-reactive ketones (excluding diaryl/α,β-unsaturated/α-hetero) is 1. The number of allylic oxidation sites excluding steroid dienone is 2. The van der Waals surface area contributed by atoms with Crippen molar-refractivity contribution in [3.05, 3.63) is 41.4 Å². The number of nitrogens with zero attached hydrogens (tertiary/aromatic N) is 2. The molecule has 1 aliphatic heterocycles. The molecule has 0 saturated carbocycles. The zero-order valence-electron chi connectivity index (χ0n) is 14.5. The lowest BCUT2D eigenvalue weighted by molar-refractivity contribution is -0.143. The Labute approximate surface area is 141 Å². The first-order valence-electron chi connectivity index (χ1n) is 8.13. The fraction of sp³-hybridized carbons (Fsp3) is 0.474. The molecule has 0 N–H and O–H groups in total. The van der Waals surface area contributed by atoms with Crippen molar-refractivity contribution in [2.75, 3.05) is 7.11 Å². The molecule has 0 fully saturated rings. The third-order valence-corrected chi connectivity index (χ3v) is 4.82. The number of esters is 1. The first-order chi connectivity index (χ1) is 11.3. The minimum atomic E-state index is -0.568. The maximum Gasteiger partial charge on any atom is 0.315 e. The minimum absolute atomic E-state index is 0.0771. The fourth-order valence-corrected chi connectivity index (χ4v) is 3.81. The third-order valence-electron chi connectivity index (χ3n) is 4.82. The number of ether oxygens (including phenoxy) is 1. The van der Waals surface area contributed by atoms with Gasteiger partial charge in [0.2, 0.25) is 0 Å². The molecule has 2 atom stereocenters. The lowest BCUT2D eigenvalue weighted by Gasteiger charge is -2.38. The van der Waals surface area contributed by atoms with Gasteiger partial charge in [-0.05, 0) is 36.5 Å². The number of hydrogen-bond donors (Lipinski definition) is 0. The van der Waals surface area contributed by atoms with E-state index in [1.807, 2.05) is 19.1 Å². The third kappa shape index (κ3) is 2.79. The fourth-order valence-electron chi connectivity index (χ4n) is 3.81. The van der Waals surface area contributed by atoms with Crippen LogP contribution < -0.4 is 0 Å². The van der Waals surface area contributed by atoms with Gasteiger partial charge in [-0.15, -0.1) is 0 Å². The van der Waals surface area contributed by atoms with Gasteiger partial charge in [-0.2, -0.15) is 0 Å². The molecule has 5 heteroatoms. The van der Waals surface area contributed by atoms with Crippen molar-refractivity contribution in [1.82, 2.24) is 4.98 Å². The van der Waals surface area contributed by atoms with Gasteiger partial charge >= 0.3 is 5.97 Å². The van der Waals surface area contributed by atoms with E-state index < -0.39 is 5.92 Å². The van der Waals surface area contributed by atoms with Gasteiger partial charge in [-0.3, -0.25) is 19.6 Å². The van der Waals surface area contributed by atoms with Gasteiger partial charge in [0, 0.05) is 41.7 Å². The van der Waals surface area contributed by atoms with Crippen LogP contribution in [0.1, 0.15) is 45.1 Å². The van der Waals surface area contributed by atoms with Crippen LogP contribution in [0.5, 0.6) is 0 Å². The summed E-state index contributed by atoms with van der Waals surface area (Å²) < 4.78 is 5.00. The number of rotatable bonds is 2. The van der Waals surface area contributed by atoms with Crippen LogP contribution in [0.25, 0.3) is 0 Å². The van der Waals surface area contributed by atoms with Crippen molar-refractivity contribution in [3.8, 4) is 0 Å². The van der Waals surface area contributed by atoms with E-state index in [1.54, 1.807) is 12.4 Å². The van der Waals surface area contributed by atoms with Crippen LogP contribution in [0.15, 0.2) is 40.8 Å². The molecule has 1 aromatic heterocycles. The SMILES string of the molecule is COC(=O)C1C(C)=NC2=C(C(=O)CC(C)(C)C2)[C@H]1c1ccncc1. The smallest absolute Gasteiger partial charge is 0.315 e. The van der Waals surface area contributed by atoms with Crippen LogP contribution in [0.3, 0.4) is 0 Å². The average Bonchev–Trinajstić information content (AvgIpc) is 2.52. The molecule has 24 heavy (non-hydrogen) atoms. The predicted octanol–water partition coefficient (Wildman–Crippen LogP) is 3.07. The highest BCUT2D eigenvalue weighted by atomic mass is 16.5. The molecule has 0 amide bonds. The molecular formula is C19H22N2O3. The molecule has 3 rings (SSSR count). The van der Waals surface area contributed by atoms with Crippen molar-refractivity contribution < 1.29 is 14.3 Å². The second-order valence-electron chi connectivity index (χ2n) is 7.31. The van der Waals surface area contributed by atoms with E-state index in [4.69, 9.17) is 4.74 Å². The van der Waals surface area contributed by atoms with Gasteiger partial charge < -0.3 is 4.74 Å². The second kappa shape index (κ2) is 5.96. The van der Waals surface area contributed by atoms with Gasteiger partial charge in [0.1, 0.15) is 5.92 Å². The van der Waals surface area contributed by atoms with Crippen molar-refractivity contribution in [1.29, 1.82) is 0 Å². The second-order valence-corrected chi connectivity index (χ2v) is 7.31. The Balaban J connectivity index is 2.19. The molecular weight excluding hydrogens is 304 g/mol. The Hall–Kier alpha value is -2.30. The van der Waals surface area contributed by atoms with Crippen molar-refractivity contribution in [3.63, 3.8) is 0 Å². The summed E-state index contributed by atoms with van der Waals surface area (Å²) in [5.41, 5.74) is 2.97. The zero-order valence-corrected chi connectivity index (χ0v) is 14.5. The van der Waals surface area contributed by atoms with Gasteiger partial charge in [-0.25, -0.2) is 0 Å². The van der Waals surface area contributed by atoms with E-state index in [0.29, 0.717) is 17.7 Å². The summed E-state index contributed by atoms with van der Waals surface area (Å²) >= 11 is 0. The number of pyridine rings is 1. The highest BCUT2D eigenvalue weighted by Gasteiger charge is 2.45. The average molecular weight is 326 g/mol. The molecule has 1 aliphatic carbocycles. The number of carbonyl (C=O) groups excluding carboxylic acids is 2. The Morgan fingerprint density at radius 2 is 1.92 bits per heavy atom. The topological polar surface area (TPSA) is 68.6 Å². The van der Waals surface area contributed by atoms with Gasteiger partial charge in [-0.1, -0.05) is 13.8 Å². The highest BCUT2D eigenvalue weighted by Crippen LogP contribution is 2.47. The molecule has 1 unspecified atom stereocenters. The molecule has 2 heterocycles. The number of aliphatic imine (C=N–C) groups is 1. The van der Waals surface area contributed by atoms with Gasteiger partial charge in [0.25, 0.3) is 0 Å². The first-order valence-corrected chi connectivity index (χ1v) is 8.13. The molecule has 0 spiro atoms. The molecule has 0 radical (unpaired) electrons. The van der Waals surface area contributed by atoms with Crippen LogP contribution in [0.2, 0.25) is 0 Å². The maximum atomic E-state index is 12.9. The minimum Gasteiger partial charge on any atom is -0.468 e. The molecule has 0 aromatic carbocycles. The van der Waals surface area contributed by atoms with Crippen molar-refractivity contribution >= 4 is 17.5 Å². The Morgan fingerprint density at radius 1 is 1.25 bits per heavy atom. The van der Waals surface area contributed by atoms with Crippen LogP contribution in [0.4, 0.5) is 0 Å². The molecule has 2 aliphatic rings. The lowest BCUT2D eigenvalue weighted by Crippen LogP contribution is -2.39. The Kier molecular flexibility index (Phi) is 4.11. The molecule has 0 bridgehead atoms. The van der Waals surface area contributed by atoms with Crippen LogP contribution in [0, 0.1) is 11.3 Å². The normalized spacial score (nSPS) is 25.8. The van der Waals surface area contributed by atoms with E-state index in [-0.39, 0.29) is 23.1 Å². The zero-order chi connectivity index (χ0) is 17.5. The lowest BCUT2D eigenvalue weighted by atomic mass is 9.67. The van der Waals surface area contributed by atoms with Crippen molar-refractivity contribution in [2.24, 2.45) is 16.3 Å². The first kappa shape index (κ1) is 16.6. The molecule has 1 aromatic rings. The Bertz CT molecular complexity index is 747. The number of hydrogen-bond acceptors (Lipinski definition) is 5. The van der Waals surface area contributed by atoms with Crippen LogP contribution in [-0.2, 0) is 14.3 Å². The quantitative estimate of drug-likeness (QED) is 0.783. The van der Waals surface area contributed by atoms with E-state index >= 15 is 0 Å². The van der Waals surface area contributed by atoms with Crippen LogP contribution >= 0.6 is 0 Å². The summed E-state index contributed by atoms with van der Waals surface area (Å²) in [5, 5.41) is 0. The standard InChI is InChI=1S/C19H22N2O3/c1-11-15(18(23)24-4)16(12-5-7-20-8-6-12)17-13(21-11)9-19(2,3)10-14(17)22/h5-8,15-16H,9-10H2,1-4H3/t15?,16-/m0/s1. The largest absolute Gasteiger partial charge is 0.468 e. The highest BCUT2D eigenvalue weighted by molar-refractivity contribution is 6.09. The summed E-state index contributed by atoms with van der Waals surface area (Å²) in [6, 6.07) is 3.72. The van der Waals surface area contributed by atoms with Crippen LogP contribution in [-0.4, -0.2) is 29.6 Å². The summed E-state index contributed by atoms with van der Waals surface area (Å²) in [6.45, 7) is 5.99. The van der Waals surface area contributed by atoms with E-state index in [1.165, 1.54) is 7.11 Å². The number of carbonyl (C=O) groups is 2. The molecule has 126 valence electrons. The van der Waals surface area contributed by atoms with E-state index in [0.717, 1.165) is 17.7 Å². The summed E-state index contributed by atoms with van der Waals surface area (Å²) in [7, 11) is 1.37. The molecule has 5 nitrogen and oxygen atoms in total. The number of methoxy groups -OCH3 is 1.